The summed E-state index contributed by atoms with van der Waals surface area (Å²) in [5.41, 5.74) is 7.97. The molecule has 0 saturated carbocycles. The van der Waals surface area contributed by atoms with Crippen molar-refractivity contribution in [1.82, 2.24) is 9.97 Å². The van der Waals surface area contributed by atoms with E-state index in [1.54, 1.807) is 18.3 Å². The van der Waals surface area contributed by atoms with Crippen molar-refractivity contribution in [2.75, 3.05) is 0 Å². The predicted molar refractivity (Wildman–Crippen MR) is 160 cm³/mol. The Bertz CT molecular complexity index is 2050. The molecule has 4 aromatic carbocycles. The number of hydrogen-bond acceptors (Lipinski definition) is 3. The summed E-state index contributed by atoms with van der Waals surface area (Å²) in [7, 11) is 0. The SMILES string of the molecule is FC(c1[c-]c(-c2ccccn2)ccc1)c1[c-]c(C2c3ccc4sc5ccccc5c4c3-c3cccnc32)ccc1.[Pd+2]. The molecule has 0 aliphatic heterocycles. The first-order valence-corrected chi connectivity index (χ1v) is 14.1. The Morgan fingerprint density at radius 1 is 0.707 bits per heavy atom. The van der Waals surface area contributed by atoms with Gasteiger partial charge in [0.25, 0.3) is 0 Å². The summed E-state index contributed by atoms with van der Waals surface area (Å²) in [5, 5.41) is 2.54. The van der Waals surface area contributed by atoms with Crippen LogP contribution in [0.25, 0.3) is 42.6 Å². The van der Waals surface area contributed by atoms with Crippen molar-refractivity contribution in [3.8, 4) is 22.4 Å². The van der Waals surface area contributed by atoms with Crippen molar-refractivity contribution in [3.63, 3.8) is 0 Å². The number of hydrogen-bond donors (Lipinski definition) is 0. The number of nitrogens with zero attached hydrogens (tertiary/aromatic N) is 2. The van der Waals surface area contributed by atoms with E-state index in [2.05, 4.69) is 59.6 Å². The Kier molecular flexibility index (Phi) is 6.60. The van der Waals surface area contributed by atoms with E-state index in [0.717, 1.165) is 28.1 Å². The fourth-order valence-electron chi connectivity index (χ4n) is 5.98. The van der Waals surface area contributed by atoms with Crippen LogP contribution < -0.4 is 0 Å². The number of pyridine rings is 2. The Morgan fingerprint density at radius 2 is 1.51 bits per heavy atom. The molecular weight excluding hydrogens is 618 g/mol. The summed E-state index contributed by atoms with van der Waals surface area (Å²) >= 11 is 1.82. The van der Waals surface area contributed by atoms with Crippen LogP contribution in [-0.2, 0) is 20.4 Å². The average Bonchev–Trinajstić information content (AvgIpc) is 3.57. The molecule has 198 valence electrons. The molecule has 2 nitrogen and oxygen atoms in total. The van der Waals surface area contributed by atoms with Gasteiger partial charge in [0.05, 0.1) is 5.69 Å². The van der Waals surface area contributed by atoms with Gasteiger partial charge in [0.15, 0.2) is 0 Å². The minimum absolute atomic E-state index is 0. The van der Waals surface area contributed by atoms with Gasteiger partial charge in [-0.3, -0.25) is 4.98 Å². The van der Waals surface area contributed by atoms with E-state index in [1.165, 1.54) is 31.3 Å². The fraction of sp³-hybridized carbons (Fsp3) is 0.0556. The molecule has 0 fully saturated rings. The number of fused-ring (bicyclic) bond motifs is 7. The van der Waals surface area contributed by atoms with Gasteiger partial charge >= 0.3 is 20.4 Å². The molecule has 0 spiro atoms. The number of thiophene rings is 1. The molecule has 0 amide bonds. The molecule has 2 atom stereocenters. The Balaban J connectivity index is 0.00000276. The quantitative estimate of drug-likeness (QED) is 0.142. The van der Waals surface area contributed by atoms with Crippen LogP contribution in [0.2, 0.25) is 0 Å². The Hall–Kier alpha value is -4.01. The molecule has 1 aliphatic carbocycles. The number of rotatable bonds is 4. The molecule has 2 unspecified atom stereocenters. The molecule has 0 radical (unpaired) electrons. The van der Waals surface area contributed by atoms with Crippen LogP contribution in [-0.4, -0.2) is 9.97 Å². The number of benzene rings is 4. The molecule has 3 heterocycles. The second-order valence-corrected chi connectivity index (χ2v) is 11.1. The van der Waals surface area contributed by atoms with Crippen LogP contribution in [0.5, 0.6) is 0 Å². The zero-order valence-corrected chi connectivity index (χ0v) is 24.0. The van der Waals surface area contributed by atoms with Crippen molar-refractivity contribution in [1.29, 1.82) is 0 Å². The Labute approximate surface area is 255 Å². The van der Waals surface area contributed by atoms with Crippen molar-refractivity contribution in [3.05, 3.63) is 156 Å². The van der Waals surface area contributed by atoms with Crippen molar-refractivity contribution in [2.45, 2.75) is 12.1 Å². The van der Waals surface area contributed by atoms with Crippen LogP contribution in [0.3, 0.4) is 0 Å². The van der Waals surface area contributed by atoms with Crippen molar-refractivity contribution >= 4 is 31.5 Å². The number of aromatic nitrogens is 2. The first-order valence-electron chi connectivity index (χ1n) is 13.3. The number of halogens is 1. The van der Waals surface area contributed by atoms with Gasteiger partial charge in [-0.25, -0.2) is 4.39 Å². The van der Waals surface area contributed by atoms with Gasteiger partial charge in [-0.15, -0.1) is 52.3 Å². The van der Waals surface area contributed by atoms with Crippen LogP contribution in [0.4, 0.5) is 4.39 Å². The minimum Gasteiger partial charge on any atom is -0.305 e. The van der Waals surface area contributed by atoms with Crippen molar-refractivity contribution in [2.24, 2.45) is 0 Å². The van der Waals surface area contributed by atoms with E-state index in [-0.39, 0.29) is 26.3 Å². The van der Waals surface area contributed by atoms with Crippen molar-refractivity contribution < 1.29 is 24.8 Å². The van der Waals surface area contributed by atoms with Gasteiger partial charge < -0.3 is 4.98 Å². The topological polar surface area (TPSA) is 25.8 Å². The normalized spacial score (nSPS) is 14.4. The van der Waals surface area contributed by atoms with E-state index in [0.29, 0.717) is 11.1 Å². The summed E-state index contributed by atoms with van der Waals surface area (Å²) < 4.78 is 18.6. The molecule has 5 heteroatoms. The van der Waals surface area contributed by atoms with Gasteiger partial charge in [0.1, 0.15) is 6.17 Å². The smallest absolute Gasteiger partial charge is 0.305 e. The molecule has 41 heavy (non-hydrogen) atoms. The first-order chi connectivity index (χ1) is 19.8. The molecule has 8 rings (SSSR count). The molecule has 7 aromatic rings. The monoisotopic (exact) mass is 638 g/mol. The van der Waals surface area contributed by atoms with E-state index in [9.17, 15) is 0 Å². The van der Waals surface area contributed by atoms with E-state index >= 15 is 4.39 Å². The minimum atomic E-state index is -1.36. The van der Waals surface area contributed by atoms with Gasteiger partial charge in [-0.1, -0.05) is 48.0 Å². The standard InChI is InChI=1S/C36H21FN2S.Pd/c37-35(24-10-5-8-22(20-24)29-14-3-4-18-38-29)25-11-6-9-23(21-25)32-27-16-17-31-34(26-12-1-2-15-30(26)40-31)33(27)28-13-7-19-39-36(28)32;/h1-19,32,35H;/q-2;+2. The molecule has 0 bridgehead atoms. The third kappa shape index (κ3) is 4.24. The summed E-state index contributed by atoms with van der Waals surface area (Å²) in [6.07, 6.45) is 2.22. The summed E-state index contributed by atoms with van der Waals surface area (Å²) in [4.78, 5) is 9.26. The predicted octanol–water partition coefficient (Wildman–Crippen LogP) is 9.33. The average molecular weight is 639 g/mol. The van der Waals surface area contributed by atoms with Crippen LogP contribution in [0, 0.1) is 12.1 Å². The molecule has 0 N–H and O–H groups in total. The maximum atomic E-state index is 16.1. The van der Waals surface area contributed by atoms with Gasteiger partial charge in [0, 0.05) is 44.0 Å². The van der Waals surface area contributed by atoms with Gasteiger partial charge in [-0.05, 0) is 41.1 Å². The summed E-state index contributed by atoms with van der Waals surface area (Å²) in [5.74, 6) is -0.120. The maximum absolute atomic E-state index is 16.1. The van der Waals surface area contributed by atoms with E-state index in [1.807, 2.05) is 66.1 Å². The van der Waals surface area contributed by atoms with Crippen LogP contribution in [0.15, 0.2) is 116 Å². The fourth-order valence-corrected chi connectivity index (χ4v) is 7.09. The number of alkyl halides is 1. The largest absolute Gasteiger partial charge is 2.00 e. The van der Waals surface area contributed by atoms with Crippen LogP contribution in [0.1, 0.15) is 40.0 Å². The second-order valence-electron chi connectivity index (χ2n) is 10.0. The molecular formula is C36H21FN2PdS. The third-order valence-electron chi connectivity index (χ3n) is 7.72. The molecule has 1 aliphatic rings. The van der Waals surface area contributed by atoms with Gasteiger partial charge in [-0.2, -0.15) is 24.3 Å². The first kappa shape index (κ1) is 25.9. The summed E-state index contributed by atoms with van der Waals surface area (Å²) in [6, 6.07) is 40.9. The zero-order valence-electron chi connectivity index (χ0n) is 21.6. The van der Waals surface area contributed by atoms with Gasteiger partial charge in [0.2, 0.25) is 0 Å². The third-order valence-corrected chi connectivity index (χ3v) is 8.86. The van der Waals surface area contributed by atoms with E-state index in [4.69, 9.17) is 4.98 Å². The van der Waals surface area contributed by atoms with E-state index < -0.39 is 6.17 Å². The molecule has 3 aromatic heterocycles. The maximum Gasteiger partial charge on any atom is 2.00 e. The summed E-state index contributed by atoms with van der Waals surface area (Å²) in [6.45, 7) is 0. The Morgan fingerprint density at radius 3 is 2.39 bits per heavy atom. The van der Waals surface area contributed by atoms with Crippen LogP contribution >= 0.6 is 11.3 Å². The second kappa shape index (κ2) is 10.4. The zero-order chi connectivity index (χ0) is 26.6. The molecule has 0 saturated heterocycles.